The number of hydrogen-bond acceptors (Lipinski definition) is 4. The highest BCUT2D eigenvalue weighted by atomic mass is 16.5. The Labute approximate surface area is 141 Å². The molecule has 0 bridgehead atoms. The van der Waals surface area contributed by atoms with Crippen molar-refractivity contribution in [2.75, 3.05) is 19.7 Å². The quantitative estimate of drug-likeness (QED) is 0.621. The van der Waals surface area contributed by atoms with E-state index < -0.39 is 17.8 Å². The van der Waals surface area contributed by atoms with Crippen LogP contribution in [0.3, 0.4) is 0 Å². The zero-order valence-electron chi connectivity index (χ0n) is 13.5. The van der Waals surface area contributed by atoms with E-state index in [0.717, 1.165) is 5.56 Å². The SMILES string of the molecule is C#CCNC(=O)COC(=O)[C@H]1CC(=O)N([C@@H](C)c2ccccc2)C1. The summed E-state index contributed by atoms with van der Waals surface area (Å²) in [5.41, 5.74) is 1.01. The standard InChI is InChI=1S/C18H20N2O4/c1-3-9-19-16(21)12-24-18(23)15-10-17(22)20(11-15)13(2)14-7-5-4-6-8-14/h1,4-8,13,15H,9-12H2,2H3,(H,19,21)/t13-,15-/m0/s1. The summed E-state index contributed by atoms with van der Waals surface area (Å²) >= 11 is 0. The highest BCUT2D eigenvalue weighted by Gasteiger charge is 2.38. The van der Waals surface area contributed by atoms with E-state index in [1.165, 1.54) is 0 Å². The van der Waals surface area contributed by atoms with Crippen LogP contribution < -0.4 is 5.32 Å². The average molecular weight is 328 g/mol. The molecular formula is C18H20N2O4. The number of terminal acetylenes is 1. The topological polar surface area (TPSA) is 75.7 Å². The van der Waals surface area contributed by atoms with Crippen LogP contribution in [0.25, 0.3) is 0 Å². The number of esters is 1. The molecule has 1 N–H and O–H groups in total. The normalized spacial score (nSPS) is 17.9. The molecule has 1 aromatic rings. The summed E-state index contributed by atoms with van der Waals surface area (Å²) in [4.78, 5) is 37.3. The number of carbonyl (C=O) groups is 3. The number of benzene rings is 1. The molecule has 2 rings (SSSR count). The summed E-state index contributed by atoms with van der Waals surface area (Å²) in [5, 5.41) is 2.41. The molecule has 1 heterocycles. The maximum atomic E-state index is 12.2. The molecule has 1 aromatic carbocycles. The molecule has 6 heteroatoms. The number of ether oxygens (including phenoxy) is 1. The second-order valence-electron chi connectivity index (χ2n) is 5.62. The molecule has 24 heavy (non-hydrogen) atoms. The minimum absolute atomic E-state index is 0.0840. The van der Waals surface area contributed by atoms with E-state index in [9.17, 15) is 14.4 Å². The molecule has 126 valence electrons. The molecule has 1 aliphatic heterocycles. The largest absolute Gasteiger partial charge is 0.455 e. The van der Waals surface area contributed by atoms with Crippen molar-refractivity contribution in [3.63, 3.8) is 0 Å². The van der Waals surface area contributed by atoms with Gasteiger partial charge in [0.2, 0.25) is 5.91 Å². The van der Waals surface area contributed by atoms with Crippen molar-refractivity contribution in [1.29, 1.82) is 0 Å². The first-order valence-corrected chi connectivity index (χ1v) is 7.74. The molecule has 0 aromatic heterocycles. The first kappa shape index (κ1) is 17.5. The van der Waals surface area contributed by atoms with Crippen LogP contribution in [0.1, 0.15) is 24.9 Å². The molecule has 0 saturated carbocycles. The van der Waals surface area contributed by atoms with Gasteiger partial charge in [-0.05, 0) is 12.5 Å². The van der Waals surface area contributed by atoms with Crippen LogP contribution in [0.5, 0.6) is 0 Å². The van der Waals surface area contributed by atoms with Crippen molar-refractivity contribution in [3.05, 3.63) is 35.9 Å². The Bertz CT molecular complexity index is 651. The van der Waals surface area contributed by atoms with Crippen molar-refractivity contribution >= 4 is 17.8 Å². The third kappa shape index (κ3) is 4.35. The van der Waals surface area contributed by atoms with Crippen LogP contribution in [-0.4, -0.2) is 42.4 Å². The summed E-state index contributed by atoms with van der Waals surface area (Å²) in [5.74, 6) is 0.615. The number of hydrogen-bond donors (Lipinski definition) is 1. The van der Waals surface area contributed by atoms with Crippen LogP contribution in [0.4, 0.5) is 0 Å². The Balaban J connectivity index is 1.88. The monoisotopic (exact) mass is 328 g/mol. The number of nitrogens with zero attached hydrogens (tertiary/aromatic N) is 1. The Morgan fingerprint density at radius 3 is 2.79 bits per heavy atom. The Morgan fingerprint density at radius 2 is 2.12 bits per heavy atom. The molecule has 1 saturated heterocycles. The number of rotatable bonds is 6. The Morgan fingerprint density at radius 1 is 1.42 bits per heavy atom. The average Bonchev–Trinajstić information content (AvgIpc) is 2.99. The van der Waals surface area contributed by atoms with Gasteiger partial charge < -0.3 is 15.0 Å². The van der Waals surface area contributed by atoms with E-state index in [-0.39, 0.29) is 31.5 Å². The van der Waals surface area contributed by atoms with Gasteiger partial charge in [0.15, 0.2) is 6.61 Å². The van der Waals surface area contributed by atoms with Gasteiger partial charge in [-0.2, -0.15) is 0 Å². The lowest BCUT2D eigenvalue weighted by Gasteiger charge is -2.25. The first-order valence-electron chi connectivity index (χ1n) is 7.74. The summed E-state index contributed by atoms with van der Waals surface area (Å²) in [6.45, 7) is 1.91. The maximum Gasteiger partial charge on any atom is 0.311 e. The first-order chi connectivity index (χ1) is 11.5. The fraction of sp³-hybridized carbons (Fsp3) is 0.389. The third-order valence-electron chi connectivity index (χ3n) is 3.97. The number of carbonyl (C=O) groups excluding carboxylic acids is 3. The van der Waals surface area contributed by atoms with Crippen LogP contribution in [0, 0.1) is 18.3 Å². The molecular weight excluding hydrogens is 308 g/mol. The highest BCUT2D eigenvalue weighted by Crippen LogP contribution is 2.28. The van der Waals surface area contributed by atoms with E-state index in [1.54, 1.807) is 4.90 Å². The van der Waals surface area contributed by atoms with E-state index in [0.29, 0.717) is 6.54 Å². The van der Waals surface area contributed by atoms with Gasteiger partial charge in [-0.3, -0.25) is 14.4 Å². The van der Waals surface area contributed by atoms with E-state index in [2.05, 4.69) is 11.2 Å². The van der Waals surface area contributed by atoms with Crippen LogP contribution in [0.2, 0.25) is 0 Å². The predicted octanol–water partition coefficient (Wildman–Crippen LogP) is 0.889. The second kappa shape index (κ2) is 8.16. The predicted molar refractivity (Wildman–Crippen MR) is 87.5 cm³/mol. The Hall–Kier alpha value is -2.81. The second-order valence-corrected chi connectivity index (χ2v) is 5.62. The fourth-order valence-electron chi connectivity index (χ4n) is 2.63. The lowest BCUT2D eigenvalue weighted by atomic mass is 10.1. The van der Waals surface area contributed by atoms with Gasteiger partial charge in [0, 0.05) is 13.0 Å². The third-order valence-corrected chi connectivity index (χ3v) is 3.97. The molecule has 0 radical (unpaired) electrons. The molecule has 2 amide bonds. The van der Waals surface area contributed by atoms with Gasteiger partial charge in [0.25, 0.3) is 5.91 Å². The molecule has 1 aliphatic rings. The smallest absolute Gasteiger partial charge is 0.311 e. The van der Waals surface area contributed by atoms with E-state index in [1.807, 2.05) is 37.3 Å². The van der Waals surface area contributed by atoms with E-state index in [4.69, 9.17) is 11.2 Å². The lowest BCUT2D eigenvalue weighted by Crippen LogP contribution is -2.32. The number of amides is 2. The van der Waals surface area contributed by atoms with Crippen molar-refractivity contribution < 1.29 is 19.1 Å². The van der Waals surface area contributed by atoms with Crippen molar-refractivity contribution in [2.24, 2.45) is 5.92 Å². The Kier molecular flexibility index (Phi) is 5.96. The summed E-state index contributed by atoms with van der Waals surface area (Å²) in [6, 6.07) is 9.50. The zero-order chi connectivity index (χ0) is 17.5. The molecule has 1 fully saturated rings. The van der Waals surface area contributed by atoms with Gasteiger partial charge >= 0.3 is 5.97 Å². The van der Waals surface area contributed by atoms with Gasteiger partial charge in [-0.1, -0.05) is 36.3 Å². The summed E-state index contributed by atoms with van der Waals surface area (Å²) < 4.78 is 4.97. The lowest BCUT2D eigenvalue weighted by molar-refractivity contribution is -0.152. The zero-order valence-corrected chi connectivity index (χ0v) is 13.5. The van der Waals surface area contributed by atoms with Crippen molar-refractivity contribution in [1.82, 2.24) is 10.2 Å². The van der Waals surface area contributed by atoms with Crippen LogP contribution in [-0.2, 0) is 19.1 Å². The van der Waals surface area contributed by atoms with Crippen molar-refractivity contribution in [2.45, 2.75) is 19.4 Å². The number of likely N-dealkylation sites (tertiary alicyclic amines) is 1. The van der Waals surface area contributed by atoms with Gasteiger partial charge in [0.05, 0.1) is 18.5 Å². The van der Waals surface area contributed by atoms with Gasteiger partial charge in [0.1, 0.15) is 0 Å². The van der Waals surface area contributed by atoms with Crippen LogP contribution >= 0.6 is 0 Å². The van der Waals surface area contributed by atoms with E-state index >= 15 is 0 Å². The maximum absolute atomic E-state index is 12.2. The fourth-order valence-corrected chi connectivity index (χ4v) is 2.63. The van der Waals surface area contributed by atoms with Crippen molar-refractivity contribution in [3.8, 4) is 12.3 Å². The molecule has 0 aliphatic carbocycles. The minimum atomic E-state index is -0.552. The minimum Gasteiger partial charge on any atom is -0.455 e. The molecule has 6 nitrogen and oxygen atoms in total. The molecule has 0 unspecified atom stereocenters. The summed E-state index contributed by atoms with van der Waals surface area (Å²) in [6.07, 6.45) is 5.12. The highest BCUT2D eigenvalue weighted by molar-refractivity contribution is 5.88. The number of nitrogens with one attached hydrogen (secondary N) is 1. The van der Waals surface area contributed by atoms with Gasteiger partial charge in [-0.15, -0.1) is 6.42 Å². The molecule has 2 atom stereocenters. The molecule has 0 spiro atoms. The summed E-state index contributed by atoms with van der Waals surface area (Å²) in [7, 11) is 0. The van der Waals surface area contributed by atoms with Gasteiger partial charge in [-0.25, -0.2) is 0 Å². The van der Waals surface area contributed by atoms with Crippen LogP contribution in [0.15, 0.2) is 30.3 Å².